The Balaban J connectivity index is 0.000000441. The van der Waals surface area contributed by atoms with E-state index in [2.05, 4.69) is 4.90 Å². The van der Waals surface area contributed by atoms with Crippen LogP contribution < -0.4 is 5.56 Å². The third-order valence-corrected chi connectivity index (χ3v) is 9.27. The van der Waals surface area contributed by atoms with Crippen LogP contribution in [0.25, 0.3) is 22.3 Å². The van der Waals surface area contributed by atoms with Crippen molar-refractivity contribution in [2.75, 3.05) is 19.7 Å². The number of alkyl halides is 3. The van der Waals surface area contributed by atoms with Gasteiger partial charge in [0.15, 0.2) is 5.60 Å². The number of carbonyl (C=O) groups excluding carboxylic acids is 1. The van der Waals surface area contributed by atoms with Gasteiger partial charge in [-0.05, 0) is 48.9 Å². The van der Waals surface area contributed by atoms with Crippen LogP contribution in [0.2, 0.25) is 0 Å². The van der Waals surface area contributed by atoms with Crippen LogP contribution in [0.4, 0.5) is 17.6 Å². The van der Waals surface area contributed by atoms with E-state index in [1.54, 1.807) is 17.6 Å². The van der Waals surface area contributed by atoms with Crippen LogP contribution in [0.3, 0.4) is 0 Å². The topological polar surface area (TPSA) is 142 Å². The number of aryl methyl sites for hydroxylation is 1. The highest BCUT2D eigenvalue weighted by atomic mass is 19.4. The minimum Gasteiger partial charge on any atom is -0.475 e. The molecule has 0 bridgehead atoms. The smallest absolute Gasteiger partial charge is 0.475 e. The third-order valence-electron chi connectivity index (χ3n) is 9.27. The second-order valence-electron chi connectivity index (χ2n) is 11.7. The Morgan fingerprint density at radius 3 is 2.48 bits per heavy atom. The zero-order valence-corrected chi connectivity index (χ0v) is 23.8. The molecule has 1 fully saturated rings. The fraction of sp³-hybridized carbons (Fsp3) is 0.467. The van der Waals surface area contributed by atoms with Crippen molar-refractivity contribution in [2.24, 2.45) is 5.92 Å². The fourth-order valence-electron chi connectivity index (χ4n) is 6.88. The average molecular weight is 620 g/mol. The Hall–Kier alpha value is -3.88. The van der Waals surface area contributed by atoms with Gasteiger partial charge in [-0.15, -0.1) is 0 Å². The van der Waals surface area contributed by atoms with E-state index in [0.29, 0.717) is 29.0 Å². The van der Waals surface area contributed by atoms with Crippen LogP contribution in [0.1, 0.15) is 59.2 Å². The monoisotopic (exact) mass is 619 g/mol. The number of rotatable bonds is 3. The first-order valence-corrected chi connectivity index (χ1v) is 14.2. The van der Waals surface area contributed by atoms with E-state index in [0.717, 1.165) is 48.0 Å². The number of nitrogens with zero attached hydrogens (tertiary/aromatic N) is 3. The number of hydrogen-bond acceptors (Lipinski definition) is 8. The van der Waals surface area contributed by atoms with E-state index >= 15 is 0 Å². The second-order valence-corrected chi connectivity index (χ2v) is 11.7. The van der Waals surface area contributed by atoms with Gasteiger partial charge in [0.25, 0.3) is 5.56 Å². The number of ether oxygens (including phenoxy) is 1. The van der Waals surface area contributed by atoms with Crippen LogP contribution in [-0.4, -0.2) is 67.6 Å². The molecule has 3 N–H and O–H groups in total. The average Bonchev–Trinajstić information content (AvgIpc) is 3.32. The number of cyclic esters (lactones) is 1. The molecule has 1 aromatic carbocycles. The molecule has 5 heterocycles. The molecule has 0 radical (unpaired) electrons. The van der Waals surface area contributed by atoms with Gasteiger partial charge >= 0.3 is 18.1 Å². The molecule has 0 amide bonds. The summed E-state index contributed by atoms with van der Waals surface area (Å²) >= 11 is 0. The molecule has 2 aromatic heterocycles. The van der Waals surface area contributed by atoms with E-state index in [4.69, 9.17) is 19.6 Å². The lowest BCUT2D eigenvalue weighted by Gasteiger charge is -2.46. The number of aliphatic hydroxyl groups is 2. The summed E-state index contributed by atoms with van der Waals surface area (Å²) in [6, 6.07) is 3.26. The molecular formula is C30H29F4N3O7. The molecule has 0 spiro atoms. The van der Waals surface area contributed by atoms with Crippen molar-refractivity contribution in [1.82, 2.24) is 14.5 Å². The van der Waals surface area contributed by atoms with Crippen molar-refractivity contribution in [1.29, 1.82) is 0 Å². The number of esters is 1. The zero-order chi connectivity index (χ0) is 31.9. The Kier molecular flexibility index (Phi) is 7.09. The molecule has 44 heavy (non-hydrogen) atoms. The number of carboxylic acids is 1. The minimum absolute atomic E-state index is 0.0713. The quantitative estimate of drug-likeness (QED) is 0.233. The maximum Gasteiger partial charge on any atom is 0.490 e. The molecule has 3 aliphatic heterocycles. The molecule has 0 unspecified atom stereocenters. The molecule has 0 saturated carbocycles. The number of likely N-dealkylation sites (tertiary alicyclic amines) is 1. The lowest BCUT2D eigenvalue weighted by molar-refractivity contribution is -0.192. The first kappa shape index (κ1) is 30.2. The number of hydrogen-bond donors (Lipinski definition) is 3. The normalized spacial score (nSPS) is 22.4. The molecule has 10 nitrogen and oxygen atoms in total. The van der Waals surface area contributed by atoms with E-state index in [-0.39, 0.29) is 54.1 Å². The number of carbonyl (C=O) groups is 2. The van der Waals surface area contributed by atoms with E-state index < -0.39 is 23.7 Å². The maximum atomic E-state index is 15.0. The lowest BCUT2D eigenvalue weighted by atomic mass is 9.79. The largest absolute Gasteiger partial charge is 0.490 e. The Morgan fingerprint density at radius 2 is 1.86 bits per heavy atom. The number of pyridine rings is 2. The Labute approximate surface area is 247 Å². The number of aromatic nitrogens is 2. The maximum absolute atomic E-state index is 15.0. The van der Waals surface area contributed by atoms with Crippen molar-refractivity contribution in [3.63, 3.8) is 0 Å². The van der Waals surface area contributed by atoms with Gasteiger partial charge in [0.1, 0.15) is 12.4 Å². The van der Waals surface area contributed by atoms with Gasteiger partial charge in [-0.2, -0.15) is 13.2 Å². The highest BCUT2D eigenvalue weighted by molar-refractivity contribution is 5.93. The highest BCUT2D eigenvalue weighted by Gasteiger charge is 2.46. The summed E-state index contributed by atoms with van der Waals surface area (Å²) in [5.41, 5.74) is 3.66. The van der Waals surface area contributed by atoms with Crippen LogP contribution in [-0.2, 0) is 39.5 Å². The van der Waals surface area contributed by atoms with Crippen molar-refractivity contribution in [3.05, 3.63) is 61.7 Å². The fourth-order valence-corrected chi connectivity index (χ4v) is 6.88. The highest BCUT2D eigenvalue weighted by Crippen LogP contribution is 2.48. The van der Waals surface area contributed by atoms with Crippen LogP contribution in [0, 0.1) is 18.7 Å². The number of halogens is 4. The lowest BCUT2D eigenvalue weighted by Crippen LogP contribution is -2.50. The first-order chi connectivity index (χ1) is 20.7. The van der Waals surface area contributed by atoms with Gasteiger partial charge in [0.2, 0.25) is 0 Å². The van der Waals surface area contributed by atoms with Crippen molar-refractivity contribution in [2.45, 2.75) is 64.1 Å². The predicted molar refractivity (Wildman–Crippen MR) is 146 cm³/mol. The summed E-state index contributed by atoms with van der Waals surface area (Å²) in [5, 5.41) is 28.9. The number of aliphatic hydroxyl groups excluding tert-OH is 1. The van der Waals surface area contributed by atoms with Gasteiger partial charge in [-0.1, -0.05) is 6.92 Å². The van der Waals surface area contributed by atoms with Crippen LogP contribution in [0.5, 0.6) is 0 Å². The molecular weight excluding hydrogens is 590 g/mol. The molecule has 4 aliphatic rings. The standard InChI is InChI=1S/C28H28FN3O5.C2HF3O2/c1-3-28(36)18-6-22-25-16(10-32(22)26(34)17(18)12-37-27(28)35)24-21(31-8-14(9-31)11-33)5-4-15-13(2)19(29)7-20(30-25)23(15)24;3-2(4,5)1(6)7/h6-7,14,21,33,36H,3-5,8-12H2,1-2H3;(H,6,7)/t21-,28-;/m0./s1. The van der Waals surface area contributed by atoms with Gasteiger partial charge in [-0.3, -0.25) is 9.69 Å². The molecule has 3 aromatic rings. The molecule has 234 valence electrons. The Bertz CT molecular complexity index is 1800. The van der Waals surface area contributed by atoms with Crippen LogP contribution >= 0.6 is 0 Å². The first-order valence-electron chi connectivity index (χ1n) is 14.2. The molecule has 7 rings (SSSR count). The summed E-state index contributed by atoms with van der Waals surface area (Å²) in [7, 11) is 0. The number of carboxylic acid groups (broad SMARTS) is 1. The minimum atomic E-state index is -5.08. The van der Waals surface area contributed by atoms with Crippen molar-refractivity contribution < 1.29 is 47.2 Å². The van der Waals surface area contributed by atoms with Gasteiger partial charge in [0.05, 0.1) is 29.0 Å². The Morgan fingerprint density at radius 1 is 1.18 bits per heavy atom. The van der Waals surface area contributed by atoms with Gasteiger partial charge in [-0.25, -0.2) is 19.0 Å². The summed E-state index contributed by atoms with van der Waals surface area (Å²) in [4.78, 5) is 42.3. The molecule has 14 heteroatoms. The van der Waals surface area contributed by atoms with E-state index in [1.807, 2.05) is 6.92 Å². The summed E-state index contributed by atoms with van der Waals surface area (Å²) in [6.45, 7) is 5.36. The van der Waals surface area contributed by atoms with Crippen molar-refractivity contribution in [3.8, 4) is 11.4 Å². The van der Waals surface area contributed by atoms with E-state index in [9.17, 15) is 37.4 Å². The number of benzene rings is 1. The summed E-state index contributed by atoms with van der Waals surface area (Å²) < 4.78 is 53.6. The van der Waals surface area contributed by atoms with Gasteiger partial charge < -0.3 is 24.6 Å². The number of fused-ring (bicyclic) bond motifs is 5. The second kappa shape index (κ2) is 10.3. The van der Waals surface area contributed by atoms with Crippen molar-refractivity contribution >= 4 is 22.8 Å². The predicted octanol–water partition coefficient (Wildman–Crippen LogP) is 3.07. The molecule has 1 saturated heterocycles. The summed E-state index contributed by atoms with van der Waals surface area (Å²) in [5.74, 6) is -3.57. The molecule has 2 atom stereocenters. The SMILES string of the molecule is CC[C@@]1(O)C(=O)OCc2c1cc1n(c2=O)Cc2c-1nc1cc(F)c(C)c3c1c2[C@@H](N1CC(CO)C1)CC3.O=C(O)C(F)(F)F. The zero-order valence-electron chi connectivity index (χ0n) is 23.8. The van der Waals surface area contributed by atoms with Crippen LogP contribution in [0.15, 0.2) is 16.9 Å². The number of aliphatic carboxylic acids is 1. The third kappa shape index (κ3) is 4.41. The molecule has 1 aliphatic carbocycles. The van der Waals surface area contributed by atoms with E-state index in [1.165, 1.54) is 6.07 Å². The summed E-state index contributed by atoms with van der Waals surface area (Å²) in [6.07, 6.45) is -3.45. The van der Waals surface area contributed by atoms with Gasteiger partial charge in [0, 0.05) is 54.2 Å².